The van der Waals surface area contributed by atoms with Gasteiger partial charge in [-0.15, -0.1) is 0 Å². The highest BCUT2D eigenvalue weighted by molar-refractivity contribution is 9.10. The maximum absolute atomic E-state index is 11.3. The Kier molecular flexibility index (Phi) is 2.52. The van der Waals surface area contributed by atoms with Crippen LogP contribution in [0, 0.1) is 13.8 Å². The molecule has 0 radical (unpaired) electrons. The summed E-state index contributed by atoms with van der Waals surface area (Å²) >= 11 is 3.56. The number of halogens is 1. The molecule has 1 heterocycles. The first-order valence-corrected chi connectivity index (χ1v) is 6.75. The average molecular weight is 309 g/mol. The zero-order chi connectivity index (χ0) is 13.0. The van der Waals surface area contributed by atoms with Crippen LogP contribution in [0.25, 0.3) is 11.0 Å². The first-order chi connectivity index (χ1) is 8.50. The van der Waals surface area contributed by atoms with Crippen molar-refractivity contribution < 1.29 is 14.3 Å². The Morgan fingerprint density at radius 3 is 2.67 bits per heavy atom. The quantitative estimate of drug-likeness (QED) is 0.895. The summed E-state index contributed by atoms with van der Waals surface area (Å²) in [5.41, 5.74) is 3.71. The molecule has 4 heteroatoms. The monoisotopic (exact) mass is 308 g/mol. The Balaban J connectivity index is 2.42. The molecule has 1 aromatic carbocycles. The second-order valence-electron chi connectivity index (χ2n) is 4.93. The highest BCUT2D eigenvalue weighted by Gasteiger charge is 2.34. The van der Waals surface area contributed by atoms with E-state index in [0.29, 0.717) is 11.5 Å². The zero-order valence-corrected chi connectivity index (χ0v) is 11.8. The van der Waals surface area contributed by atoms with Crippen molar-refractivity contribution in [2.75, 3.05) is 0 Å². The molecule has 94 valence electrons. The summed E-state index contributed by atoms with van der Waals surface area (Å²) in [6.45, 7) is 3.99. The van der Waals surface area contributed by atoms with Gasteiger partial charge in [0.25, 0.3) is 0 Å². The standard InChI is InChI=1S/C14H13BrO3/c1-6-5-9-10(7(2)12(6)15)11(8-3-4-8)13(18-9)14(16)17/h5,8H,3-4H2,1-2H3,(H,16,17). The van der Waals surface area contributed by atoms with E-state index in [0.717, 1.165) is 39.4 Å². The van der Waals surface area contributed by atoms with Gasteiger partial charge in [-0.2, -0.15) is 0 Å². The van der Waals surface area contributed by atoms with Crippen LogP contribution in [0.15, 0.2) is 15.0 Å². The van der Waals surface area contributed by atoms with Crippen LogP contribution in [-0.2, 0) is 0 Å². The SMILES string of the molecule is Cc1cc2oc(C(=O)O)c(C3CC3)c2c(C)c1Br. The van der Waals surface area contributed by atoms with Crippen LogP contribution >= 0.6 is 15.9 Å². The van der Waals surface area contributed by atoms with Crippen LogP contribution in [-0.4, -0.2) is 11.1 Å². The first-order valence-electron chi connectivity index (χ1n) is 5.96. The number of aromatic carboxylic acids is 1. The van der Waals surface area contributed by atoms with Gasteiger partial charge in [0.05, 0.1) is 0 Å². The summed E-state index contributed by atoms with van der Waals surface area (Å²) in [4.78, 5) is 11.3. The number of carboxylic acids is 1. The van der Waals surface area contributed by atoms with Crippen LogP contribution in [0.5, 0.6) is 0 Å². The Morgan fingerprint density at radius 2 is 2.11 bits per heavy atom. The molecule has 18 heavy (non-hydrogen) atoms. The van der Waals surface area contributed by atoms with Crippen molar-refractivity contribution in [2.24, 2.45) is 0 Å². The molecule has 0 spiro atoms. The number of furan rings is 1. The molecule has 0 unspecified atom stereocenters. The minimum atomic E-state index is -0.971. The molecule has 2 aromatic rings. The van der Waals surface area contributed by atoms with Gasteiger partial charge >= 0.3 is 5.97 Å². The average Bonchev–Trinajstić information content (AvgIpc) is 3.07. The van der Waals surface area contributed by atoms with Gasteiger partial charge in [0.2, 0.25) is 5.76 Å². The molecule has 0 saturated heterocycles. The number of carbonyl (C=O) groups is 1. The summed E-state index contributed by atoms with van der Waals surface area (Å²) in [6.07, 6.45) is 2.11. The maximum atomic E-state index is 11.3. The molecule has 1 saturated carbocycles. The Morgan fingerprint density at radius 1 is 1.44 bits per heavy atom. The fraction of sp³-hybridized carbons (Fsp3) is 0.357. The van der Waals surface area contributed by atoms with Crippen molar-refractivity contribution in [1.82, 2.24) is 0 Å². The molecular weight excluding hydrogens is 296 g/mol. The van der Waals surface area contributed by atoms with Gasteiger partial charge in [-0.05, 0) is 49.8 Å². The van der Waals surface area contributed by atoms with E-state index in [-0.39, 0.29) is 5.76 Å². The number of hydrogen-bond donors (Lipinski definition) is 1. The van der Waals surface area contributed by atoms with Gasteiger partial charge in [0.15, 0.2) is 0 Å². The lowest BCUT2D eigenvalue weighted by Gasteiger charge is -2.05. The molecule has 0 amide bonds. The van der Waals surface area contributed by atoms with Gasteiger partial charge in [-0.25, -0.2) is 4.79 Å². The fourth-order valence-electron chi connectivity index (χ4n) is 2.54. The summed E-state index contributed by atoms with van der Waals surface area (Å²) < 4.78 is 6.59. The van der Waals surface area contributed by atoms with Crippen LogP contribution in [0.3, 0.4) is 0 Å². The number of fused-ring (bicyclic) bond motifs is 1. The molecule has 0 atom stereocenters. The van der Waals surface area contributed by atoms with E-state index in [1.807, 2.05) is 19.9 Å². The molecule has 1 N–H and O–H groups in total. The minimum absolute atomic E-state index is 0.119. The van der Waals surface area contributed by atoms with Gasteiger partial charge in [0, 0.05) is 15.4 Å². The van der Waals surface area contributed by atoms with E-state index in [1.54, 1.807) is 0 Å². The molecule has 3 nitrogen and oxygen atoms in total. The summed E-state index contributed by atoms with van der Waals surface area (Å²) in [5.74, 6) is -0.500. The Hall–Kier alpha value is -1.29. The summed E-state index contributed by atoms with van der Waals surface area (Å²) in [5, 5.41) is 10.2. The summed E-state index contributed by atoms with van der Waals surface area (Å²) in [6, 6.07) is 1.91. The summed E-state index contributed by atoms with van der Waals surface area (Å²) in [7, 11) is 0. The van der Waals surface area contributed by atoms with Crippen LogP contribution < -0.4 is 0 Å². The smallest absolute Gasteiger partial charge is 0.372 e. The van der Waals surface area contributed by atoms with E-state index in [2.05, 4.69) is 15.9 Å². The third-order valence-electron chi connectivity index (χ3n) is 3.55. The molecular formula is C14H13BrO3. The topological polar surface area (TPSA) is 50.4 Å². The second-order valence-corrected chi connectivity index (χ2v) is 5.72. The molecule has 1 fully saturated rings. The number of benzene rings is 1. The van der Waals surface area contributed by atoms with Crippen molar-refractivity contribution in [1.29, 1.82) is 0 Å². The predicted octanol–water partition coefficient (Wildman–Crippen LogP) is 4.39. The lowest BCUT2D eigenvalue weighted by molar-refractivity contribution is 0.0663. The van der Waals surface area contributed by atoms with Crippen molar-refractivity contribution in [3.63, 3.8) is 0 Å². The number of aryl methyl sites for hydroxylation is 2. The van der Waals surface area contributed by atoms with Gasteiger partial charge in [-0.3, -0.25) is 0 Å². The largest absolute Gasteiger partial charge is 0.475 e. The predicted molar refractivity (Wildman–Crippen MR) is 72.3 cm³/mol. The first kappa shape index (κ1) is 11.8. The van der Waals surface area contributed by atoms with Gasteiger partial charge < -0.3 is 9.52 Å². The molecule has 0 bridgehead atoms. The molecule has 1 aliphatic rings. The lowest BCUT2D eigenvalue weighted by Crippen LogP contribution is -1.98. The highest BCUT2D eigenvalue weighted by Crippen LogP contribution is 2.48. The van der Waals surface area contributed by atoms with E-state index >= 15 is 0 Å². The maximum Gasteiger partial charge on any atom is 0.372 e. The Bertz CT molecular complexity index is 665. The number of hydrogen-bond acceptors (Lipinski definition) is 2. The molecule has 1 aromatic heterocycles. The van der Waals surface area contributed by atoms with Crippen LogP contribution in [0.4, 0.5) is 0 Å². The van der Waals surface area contributed by atoms with Crippen molar-refractivity contribution in [3.05, 3.63) is 33.0 Å². The van der Waals surface area contributed by atoms with Gasteiger partial charge in [-0.1, -0.05) is 15.9 Å². The number of rotatable bonds is 2. The third-order valence-corrected chi connectivity index (χ3v) is 4.77. The molecule has 1 aliphatic carbocycles. The number of carboxylic acid groups (broad SMARTS) is 1. The highest BCUT2D eigenvalue weighted by atomic mass is 79.9. The second kappa shape index (κ2) is 3.85. The van der Waals surface area contributed by atoms with E-state index < -0.39 is 5.97 Å². The van der Waals surface area contributed by atoms with E-state index in [1.165, 1.54) is 0 Å². The van der Waals surface area contributed by atoms with Gasteiger partial charge in [0.1, 0.15) is 5.58 Å². The molecule has 0 aliphatic heterocycles. The van der Waals surface area contributed by atoms with Crippen molar-refractivity contribution in [2.45, 2.75) is 32.6 Å². The van der Waals surface area contributed by atoms with Crippen LogP contribution in [0.1, 0.15) is 46.0 Å². The van der Waals surface area contributed by atoms with E-state index in [4.69, 9.17) is 4.42 Å². The fourth-order valence-corrected chi connectivity index (χ4v) is 2.85. The minimum Gasteiger partial charge on any atom is -0.475 e. The lowest BCUT2D eigenvalue weighted by atomic mass is 10.0. The van der Waals surface area contributed by atoms with E-state index in [9.17, 15) is 9.90 Å². The van der Waals surface area contributed by atoms with Crippen LogP contribution in [0.2, 0.25) is 0 Å². The third kappa shape index (κ3) is 1.59. The Labute approximate surface area is 113 Å². The van der Waals surface area contributed by atoms with Crippen molar-refractivity contribution >= 4 is 32.9 Å². The van der Waals surface area contributed by atoms with Crippen molar-refractivity contribution in [3.8, 4) is 0 Å². The zero-order valence-electron chi connectivity index (χ0n) is 10.2. The molecule has 3 rings (SSSR count). The normalized spacial score (nSPS) is 15.3.